The summed E-state index contributed by atoms with van der Waals surface area (Å²) < 4.78 is 28.8. The molecule has 0 saturated carbocycles. The van der Waals surface area contributed by atoms with Crippen molar-refractivity contribution in [1.82, 2.24) is 14.8 Å². The molecule has 0 radical (unpaired) electrons. The Labute approximate surface area is 134 Å². The van der Waals surface area contributed by atoms with Crippen LogP contribution < -0.4 is 10.9 Å². The predicted molar refractivity (Wildman–Crippen MR) is 83.6 cm³/mol. The fraction of sp³-hybridized carbons (Fsp3) is 0.0625. The van der Waals surface area contributed by atoms with Crippen LogP contribution in [0.1, 0.15) is 10.4 Å². The highest BCUT2D eigenvalue weighted by atomic mass is 19.1. The number of rotatable bonds is 3. The third-order valence-electron chi connectivity index (χ3n) is 3.40. The summed E-state index contributed by atoms with van der Waals surface area (Å²) in [5.41, 5.74) is -0.156. The lowest BCUT2D eigenvalue weighted by atomic mass is 10.1. The monoisotopic (exact) mass is 330 g/mol. The molecule has 122 valence electrons. The van der Waals surface area contributed by atoms with Gasteiger partial charge in [-0.25, -0.2) is 8.78 Å². The molecule has 24 heavy (non-hydrogen) atoms. The highest BCUT2D eigenvalue weighted by Crippen LogP contribution is 2.25. The second-order valence-corrected chi connectivity index (χ2v) is 5.08. The Kier molecular flexibility index (Phi) is 3.95. The number of carbonyl (C=O) groups excluding carboxylic acids is 1. The van der Waals surface area contributed by atoms with Crippen molar-refractivity contribution in [3.05, 3.63) is 70.1 Å². The predicted octanol–water partition coefficient (Wildman–Crippen LogP) is 2.31. The highest BCUT2D eigenvalue weighted by Gasteiger charge is 2.15. The van der Waals surface area contributed by atoms with Gasteiger partial charge in [0.2, 0.25) is 5.56 Å². The molecule has 0 unspecified atom stereocenters. The van der Waals surface area contributed by atoms with Crippen LogP contribution in [0.2, 0.25) is 0 Å². The zero-order valence-corrected chi connectivity index (χ0v) is 12.5. The first-order valence-corrected chi connectivity index (χ1v) is 6.93. The van der Waals surface area contributed by atoms with Crippen LogP contribution in [0.3, 0.4) is 0 Å². The Bertz CT molecular complexity index is 958. The van der Waals surface area contributed by atoms with E-state index in [9.17, 15) is 18.4 Å². The fourth-order valence-corrected chi connectivity index (χ4v) is 2.19. The van der Waals surface area contributed by atoms with Crippen molar-refractivity contribution in [3.8, 4) is 11.3 Å². The van der Waals surface area contributed by atoms with Gasteiger partial charge in [0.1, 0.15) is 11.6 Å². The molecular formula is C16H12F2N4O2. The molecule has 2 N–H and O–H groups in total. The van der Waals surface area contributed by atoms with Gasteiger partial charge in [0, 0.05) is 25.4 Å². The van der Waals surface area contributed by atoms with Gasteiger partial charge in [-0.15, -0.1) is 0 Å². The van der Waals surface area contributed by atoms with E-state index >= 15 is 0 Å². The van der Waals surface area contributed by atoms with Gasteiger partial charge < -0.3 is 9.88 Å². The fourth-order valence-electron chi connectivity index (χ4n) is 2.19. The average Bonchev–Trinajstić information content (AvgIpc) is 2.98. The van der Waals surface area contributed by atoms with Gasteiger partial charge in [-0.05, 0) is 18.2 Å². The number of aromatic amines is 1. The number of nitrogens with one attached hydrogen (secondary N) is 2. The number of halogens is 2. The SMILES string of the molecule is Cn1cc(C(=O)Nc2cc(-c3c(F)cccc3F)[nH]n2)ccc1=O. The summed E-state index contributed by atoms with van der Waals surface area (Å²) >= 11 is 0. The highest BCUT2D eigenvalue weighted by molar-refractivity contribution is 6.03. The summed E-state index contributed by atoms with van der Waals surface area (Å²) in [6, 6.07) is 7.47. The van der Waals surface area contributed by atoms with Gasteiger partial charge in [-0.3, -0.25) is 14.7 Å². The number of carbonyl (C=O) groups is 1. The number of anilines is 1. The number of amides is 1. The van der Waals surface area contributed by atoms with Crippen molar-refractivity contribution < 1.29 is 13.6 Å². The number of H-pyrrole nitrogens is 1. The number of aromatic nitrogens is 3. The Balaban J connectivity index is 1.85. The molecule has 2 aromatic heterocycles. The largest absolute Gasteiger partial charge is 0.318 e. The van der Waals surface area contributed by atoms with Gasteiger partial charge in [0.25, 0.3) is 5.91 Å². The zero-order valence-electron chi connectivity index (χ0n) is 12.5. The Morgan fingerprint density at radius 1 is 1.21 bits per heavy atom. The molecule has 1 aromatic carbocycles. The smallest absolute Gasteiger partial charge is 0.258 e. The summed E-state index contributed by atoms with van der Waals surface area (Å²) in [6.45, 7) is 0. The molecule has 0 spiro atoms. The summed E-state index contributed by atoms with van der Waals surface area (Å²) in [6.07, 6.45) is 1.38. The van der Waals surface area contributed by atoms with Crippen molar-refractivity contribution in [2.75, 3.05) is 5.32 Å². The molecule has 0 bridgehead atoms. The summed E-state index contributed by atoms with van der Waals surface area (Å²) in [4.78, 5) is 23.4. The minimum absolute atomic E-state index is 0.0985. The molecule has 3 aromatic rings. The minimum Gasteiger partial charge on any atom is -0.318 e. The normalized spacial score (nSPS) is 10.6. The van der Waals surface area contributed by atoms with Crippen LogP contribution in [0, 0.1) is 11.6 Å². The van der Waals surface area contributed by atoms with Gasteiger partial charge in [-0.2, -0.15) is 5.10 Å². The third-order valence-corrected chi connectivity index (χ3v) is 3.40. The van der Waals surface area contributed by atoms with Gasteiger partial charge >= 0.3 is 0 Å². The number of hydrogen-bond donors (Lipinski definition) is 2. The molecule has 2 heterocycles. The number of nitrogens with zero attached hydrogens (tertiary/aromatic N) is 2. The van der Waals surface area contributed by atoms with Crippen molar-refractivity contribution in [2.24, 2.45) is 7.05 Å². The molecule has 0 fully saturated rings. The van der Waals surface area contributed by atoms with E-state index in [0.717, 1.165) is 12.1 Å². The van der Waals surface area contributed by atoms with Crippen molar-refractivity contribution >= 4 is 11.7 Å². The summed E-state index contributed by atoms with van der Waals surface area (Å²) in [5.74, 6) is -1.88. The molecule has 6 nitrogen and oxygen atoms in total. The second kappa shape index (κ2) is 6.07. The van der Waals surface area contributed by atoms with Crippen LogP contribution in [-0.2, 0) is 7.05 Å². The average molecular weight is 330 g/mol. The minimum atomic E-state index is -0.741. The summed E-state index contributed by atoms with van der Waals surface area (Å²) in [7, 11) is 1.52. The topological polar surface area (TPSA) is 79.8 Å². The Morgan fingerprint density at radius 2 is 1.92 bits per heavy atom. The van der Waals surface area contributed by atoms with E-state index in [1.807, 2.05) is 0 Å². The number of aryl methyl sites for hydroxylation is 1. The molecule has 0 aliphatic rings. The van der Waals surface area contributed by atoms with Gasteiger partial charge in [0.15, 0.2) is 5.82 Å². The van der Waals surface area contributed by atoms with Gasteiger partial charge in [0.05, 0.1) is 16.8 Å². The molecule has 0 aliphatic carbocycles. The van der Waals surface area contributed by atoms with Crippen molar-refractivity contribution in [2.45, 2.75) is 0 Å². The number of benzene rings is 1. The standard InChI is InChI=1S/C16H12F2N4O2/c1-22-8-9(5-6-14(22)23)16(24)19-13-7-12(20-21-13)15-10(17)3-2-4-11(15)18/h2-8H,1H3,(H2,19,20,21,24). The Hall–Kier alpha value is -3.29. The Morgan fingerprint density at radius 3 is 2.58 bits per heavy atom. The molecule has 3 rings (SSSR count). The van der Waals surface area contributed by atoms with Crippen LogP contribution >= 0.6 is 0 Å². The first-order valence-electron chi connectivity index (χ1n) is 6.93. The lowest BCUT2D eigenvalue weighted by Crippen LogP contribution is -2.19. The maximum absolute atomic E-state index is 13.7. The third kappa shape index (κ3) is 2.94. The van der Waals surface area contributed by atoms with Crippen molar-refractivity contribution in [3.63, 3.8) is 0 Å². The second-order valence-electron chi connectivity index (χ2n) is 5.08. The van der Waals surface area contributed by atoms with Crippen LogP contribution in [0.15, 0.2) is 47.4 Å². The molecule has 1 amide bonds. The zero-order chi connectivity index (χ0) is 17.3. The lowest BCUT2D eigenvalue weighted by molar-refractivity contribution is 0.102. The quantitative estimate of drug-likeness (QED) is 0.773. The van der Waals surface area contributed by atoms with Crippen LogP contribution in [0.25, 0.3) is 11.3 Å². The van der Waals surface area contributed by atoms with E-state index in [1.165, 1.54) is 42.1 Å². The maximum atomic E-state index is 13.7. The molecule has 8 heteroatoms. The van der Waals surface area contributed by atoms with Crippen LogP contribution in [0.5, 0.6) is 0 Å². The number of hydrogen-bond acceptors (Lipinski definition) is 3. The van der Waals surface area contributed by atoms with E-state index < -0.39 is 17.5 Å². The van der Waals surface area contributed by atoms with E-state index in [-0.39, 0.29) is 28.2 Å². The first kappa shape index (κ1) is 15.6. The summed E-state index contributed by atoms with van der Waals surface area (Å²) in [5, 5.41) is 8.79. The lowest BCUT2D eigenvalue weighted by Gasteiger charge is -2.03. The molecule has 0 saturated heterocycles. The van der Waals surface area contributed by atoms with E-state index in [1.54, 1.807) is 0 Å². The van der Waals surface area contributed by atoms with Gasteiger partial charge in [-0.1, -0.05) is 6.07 Å². The van der Waals surface area contributed by atoms with Crippen LogP contribution in [0.4, 0.5) is 14.6 Å². The molecular weight excluding hydrogens is 318 g/mol. The molecule has 0 aliphatic heterocycles. The van der Waals surface area contributed by atoms with Crippen molar-refractivity contribution in [1.29, 1.82) is 0 Å². The number of pyridine rings is 1. The van der Waals surface area contributed by atoms with E-state index in [0.29, 0.717) is 0 Å². The van der Waals surface area contributed by atoms with E-state index in [4.69, 9.17) is 0 Å². The van der Waals surface area contributed by atoms with E-state index in [2.05, 4.69) is 15.5 Å². The van der Waals surface area contributed by atoms with Crippen LogP contribution in [-0.4, -0.2) is 20.7 Å². The maximum Gasteiger partial charge on any atom is 0.258 e. The molecule has 0 atom stereocenters. The first-order chi connectivity index (χ1) is 11.5.